The van der Waals surface area contributed by atoms with Gasteiger partial charge in [0, 0.05) is 29.1 Å². The van der Waals surface area contributed by atoms with Gasteiger partial charge in [-0.1, -0.05) is 18.2 Å². The number of hydrogen-bond donors (Lipinski definition) is 3. The number of fused-ring (bicyclic) bond motifs is 1. The van der Waals surface area contributed by atoms with Crippen molar-refractivity contribution in [2.45, 2.75) is 32.6 Å². The van der Waals surface area contributed by atoms with E-state index in [2.05, 4.69) is 22.4 Å². The maximum absolute atomic E-state index is 12.2. The molecule has 0 unspecified atom stereocenters. The van der Waals surface area contributed by atoms with Crippen LogP contribution in [0.5, 0.6) is 0 Å². The maximum Gasteiger partial charge on any atom is 0.306 e. The summed E-state index contributed by atoms with van der Waals surface area (Å²) >= 11 is 0. The number of aromatic amines is 1. The fourth-order valence-corrected chi connectivity index (χ4v) is 3.56. The number of amides is 1. The summed E-state index contributed by atoms with van der Waals surface area (Å²) < 4.78 is 0. The van der Waals surface area contributed by atoms with Crippen molar-refractivity contribution >= 4 is 22.8 Å². The number of rotatable bonds is 5. The van der Waals surface area contributed by atoms with Gasteiger partial charge in [0.2, 0.25) is 5.91 Å². The summed E-state index contributed by atoms with van der Waals surface area (Å²) in [7, 11) is 0. The lowest BCUT2D eigenvalue weighted by Crippen LogP contribution is -2.31. The fourth-order valence-electron chi connectivity index (χ4n) is 3.56. The van der Waals surface area contributed by atoms with E-state index in [0.717, 1.165) is 17.6 Å². The second kappa shape index (κ2) is 6.44. The summed E-state index contributed by atoms with van der Waals surface area (Å²) in [5.74, 6) is -1.30. The summed E-state index contributed by atoms with van der Waals surface area (Å²) in [5.41, 5.74) is 3.48. The highest BCUT2D eigenvalue weighted by Gasteiger charge is 2.33. The van der Waals surface area contributed by atoms with Gasteiger partial charge in [0.25, 0.3) is 0 Å². The van der Waals surface area contributed by atoms with Crippen LogP contribution in [0.15, 0.2) is 24.3 Å². The third-order valence-electron chi connectivity index (χ3n) is 4.85. The summed E-state index contributed by atoms with van der Waals surface area (Å²) in [6.45, 7) is 2.63. The Morgan fingerprint density at radius 1 is 1.26 bits per heavy atom. The molecule has 1 saturated carbocycles. The van der Waals surface area contributed by atoms with E-state index >= 15 is 0 Å². The molecule has 1 heterocycles. The van der Waals surface area contributed by atoms with Gasteiger partial charge in [-0.3, -0.25) is 9.59 Å². The molecule has 0 aliphatic heterocycles. The molecule has 0 saturated heterocycles. The molecular formula is C18H22N2O3. The number of nitrogens with one attached hydrogen (secondary N) is 2. The van der Waals surface area contributed by atoms with Gasteiger partial charge in [-0.15, -0.1) is 0 Å². The summed E-state index contributed by atoms with van der Waals surface area (Å²) in [6, 6.07) is 8.16. The minimum absolute atomic E-state index is 0.00811. The summed E-state index contributed by atoms with van der Waals surface area (Å²) in [5, 5.41) is 13.2. The van der Waals surface area contributed by atoms with E-state index in [4.69, 9.17) is 5.11 Å². The van der Waals surface area contributed by atoms with Crippen LogP contribution in [0.3, 0.4) is 0 Å². The standard InChI is InChI=1S/C18H22N2O3/c1-11-14(15-4-2-3-5-16(15)20-11)8-9-19-17(21)12-6-7-13(10-12)18(22)23/h2-5,12-13,20H,6-10H2,1H3,(H,19,21)(H,22,23)/t12-,13+/m1/s1. The van der Waals surface area contributed by atoms with Gasteiger partial charge >= 0.3 is 5.97 Å². The molecule has 0 spiro atoms. The predicted molar refractivity (Wildman–Crippen MR) is 88.2 cm³/mol. The quantitative estimate of drug-likeness (QED) is 0.793. The minimum Gasteiger partial charge on any atom is -0.481 e. The minimum atomic E-state index is -0.783. The van der Waals surface area contributed by atoms with Crippen LogP contribution in [0.2, 0.25) is 0 Å². The number of hydrogen-bond acceptors (Lipinski definition) is 2. The van der Waals surface area contributed by atoms with Crippen LogP contribution in [0.25, 0.3) is 10.9 Å². The molecule has 1 amide bonds. The molecule has 5 heteroatoms. The van der Waals surface area contributed by atoms with Crippen molar-refractivity contribution in [3.63, 3.8) is 0 Å². The average molecular weight is 314 g/mol. The van der Waals surface area contributed by atoms with Gasteiger partial charge in [0.15, 0.2) is 0 Å². The normalized spacial score (nSPS) is 20.7. The molecule has 0 bridgehead atoms. The number of aliphatic carboxylic acids is 1. The van der Waals surface area contributed by atoms with E-state index in [-0.39, 0.29) is 17.7 Å². The van der Waals surface area contributed by atoms with E-state index in [0.29, 0.717) is 25.8 Å². The molecule has 1 fully saturated rings. The Balaban J connectivity index is 1.56. The van der Waals surface area contributed by atoms with Gasteiger partial charge in [0.05, 0.1) is 5.92 Å². The number of aryl methyl sites for hydroxylation is 1. The molecule has 3 rings (SSSR count). The first-order chi connectivity index (χ1) is 11.1. The smallest absolute Gasteiger partial charge is 0.306 e. The van der Waals surface area contributed by atoms with Gasteiger partial charge < -0.3 is 15.4 Å². The molecule has 2 aromatic rings. The molecule has 3 N–H and O–H groups in total. The number of benzene rings is 1. The molecular weight excluding hydrogens is 292 g/mol. The highest BCUT2D eigenvalue weighted by molar-refractivity contribution is 5.85. The molecule has 1 aromatic carbocycles. The van der Waals surface area contributed by atoms with Crippen LogP contribution >= 0.6 is 0 Å². The second-order valence-electron chi connectivity index (χ2n) is 6.36. The zero-order chi connectivity index (χ0) is 16.4. The monoisotopic (exact) mass is 314 g/mol. The lowest BCUT2D eigenvalue weighted by atomic mass is 10.0. The molecule has 2 atom stereocenters. The second-order valence-corrected chi connectivity index (χ2v) is 6.36. The van der Waals surface area contributed by atoms with Crippen LogP contribution in [-0.4, -0.2) is 28.5 Å². The number of aromatic nitrogens is 1. The first kappa shape index (κ1) is 15.6. The summed E-state index contributed by atoms with van der Waals surface area (Å²) in [4.78, 5) is 26.5. The van der Waals surface area contributed by atoms with Gasteiger partial charge in [0.1, 0.15) is 0 Å². The van der Waals surface area contributed by atoms with E-state index in [1.54, 1.807) is 0 Å². The van der Waals surface area contributed by atoms with Crippen LogP contribution < -0.4 is 5.32 Å². The van der Waals surface area contributed by atoms with E-state index in [1.807, 2.05) is 19.1 Å². The predicted octanol–water partition coefficient (Wildman–Crippen LogP) is 2.64. The fraction of sp³-hybridized carbons (Fsp3) is 0.444. The summed E-state index contributed by atoms with van der Waals surface area (Å²) in [6.07, 6.45) is 2.52. The molecule has 1 aromatic heterocycles. The van der Waals surface area contributed by atoms with Crippen LogP contribution in [0, 0.1) is 18.8 Å². The van der Waals surface area contributed by atoms with E-state index < -0.39 is 5.97 Å². The number of carboxylic acid groups (broad SMARTS) is 1. The molecule has 1 aliphatic rings. The Bertz CT molecular complexity index is 735. The highest BCUT2D eigenvalue weighted by atomic mass is 16.4. The largest absolute Gasteiger partial charge is 0.481 e. The number of carbonyl (C=O) groups is 2. The highest BCUT2D eigenvalue weighted by Crippen LogP contribution is 2.31. The van der Waals surface area contributed by atoms with Gasteiger partial charge in [-0.05, 0) is 44.2 Å². The van der Waals surface area contributed by atoms with Crippen molar-refractivity contribution < 1.29 is 14.7 Å². The topological polar surface area (TPSA) is 82.2 Å². The van der Waals surface area contributed by atoms with E-state index in [9.17, 15) is 9.59 Å². The molecule has 122 valence electrons. The lowest BCUT2D eigenvalue weighted by Gasteiger charge is -2.11. The van der Waals surface area contributed by atoms with Crippen molar-refractivity contribution in [1.29, 1.82) is 0 Å². The van der Waals surface area contributed by atoms with Crippen LogP contribution in [-0.2, 0) is 16.0 Å². The Hall–Kier alpha value is -2.30. The molecule has 0 radical (unpaired) electrons. The first-order valence-electron chi connectivity index (χ1n) is 8.13. The Kier molecular flexibility index (Phi) is 4.37. The Morgan fingerprint density at radius 3 is 2.74 bits per heavy atom. The van der Waals surface area contributed by atoms with Gasteiger partial charge in [-0.25, -0.2) is 0 Å². The van der Waals surface area contributed by atoms with Crippen molar-refractivity contribution in [2.75, 3.05) is 6.54 Å². The van der Waals surface area contributed by atoms with Crippen molar-refractivity contribution in [1.82, 2.24) is 10.3 Å². The van der Waals surface area contributed by atoms with Crippen molar-refractivity contribution in [2.24, 2.45) is 11.8 Å². The van der Waals surface area contributed by atoms with Crippen molar-refractivity contribution in [3.05, 3.63) is 35.5 Å². The third kappa shape index (κ3) is 3.23. The van der Waals surface area contributed by atoms with E-state index in [1.165, 1.54) is 10.9 Å². The third-order valence-corrected chi connectivity index (χ3v) is 4.85. The molecule has 1 aliphatic carbocycles. The maximum atomic E-state index is 12.2. The average Bonchev–Trinajstić information content (AvgIpc) is 3.12. The molecule has 5 nitrogen and oxygen atoms in total. The zero-order valence-electron chi connectivity index (χ0n) is 13.3. The number of carboxylic acids is 1. The Labute approximate surface area is 135 Å². The first-order valence-corrected chi connectivity index (χ1v) is 8.13. The SMILES string of the molecule is Cc1[nH]c2ccccc2c1CCNC(=O)[C@@H]1CC[C@H](C(=O)O)C1. The number of para-hydroxylation sites is 1. The molecule has 23 heavy (non-hydrogen) atoms. The number of carbonyl (C=O) groups excluding carboxylic acids is 1. The lowest BCUT2D eigenvalue weighted by molar-refractivity contribution is -0.141. The van der Waals surface area contributed by atoms with Crippen LogP contribution in [0.4, 0.5) is 0 Å². The number of H-pyrrole nitrogens is 1. The van der Waals surface area contributed by atoms with Crippen LogP contribution in [0.1, 0.15) is 30.5 Å². The Morgan fingerprint density at radius 2 is 2.00 bits per heavy atom. The zero-order valence-corrected chi connectivity index (χ0v) is 13.3. The van der Waals surface area contributed by atoms with Gasteiger partial charge in [-0.2, -0.15) is 0 Å². The van der Waals surface area contributed by atoms with Crippen molar-refractivity contribution in [3.8, 4) is 0 Å².